The van der Waals surface area contributed by atoms with E-state index in [-0.39, 0.29) is 18.1 Å². The van der Waals surface area contributed by atoms with Crippen molar-refractivity contribution in [3.05, 3.63) is 0 Å². The van der Waals surface area contributed by atoms with Crippen LogP contribution in [-0.4, -0.2) is 68.7 Å². The maximum Gasteiger partial charge on any atom is 0.0644 e. The molecule has 0 radical (unpaired) electrons. The Kier molecular flexibility index (Phi) is 4.76. The number of ether oxygens (including phenoxy) is 2. The molecule has 2 atom stereocenters. The van der Waals surface area contributed by atoms with Gasteiger partial charge in [0.15, 0.2) is 0 Å². The predicted octanol–water partition coefficient (Wildman–Crippen LogP) is -0.565. The molecular weight excluding hydrogens is 220 g/mol. The molecule has 0 amide bonds. The van der Waals surface area contributed by atoms with Crippen LogP contribution in [0.25, 0.3) is 0 Å². The second-order valence-electron chi connectivity index (χ2n) is 5.24. The quantitative estimate of drug-likeness (QED) is 0.693. The molecule has 17 heavy (non-hydrogen) atoms. The minimum Gasteiger partial charge on any atom is -0.395 e. The Morgan fingerprint density at radius 3 is 2.88 bits per heavy atom. The molecule has 0 aliphatic carbocycles. The molecule has 0 aromatic rings. The van der Waals surface area contributed by atoms with Crippen LogP contribution in [-0.2, 0) is 9.47 Å². The van der Waals surface area contributed by atoms with Gasteiger partial charge in [-0.05, 0) is 12.8 Å². The molecule has 2 heterocycles. The maximum atomic E-state index is 9.36. The molecule has 2 aliphatic heterocycles. The molecule has 2 unspecified atom stereocenters. The molecule has 2 rings (SSSR count). The first-order valence-corrected chi connectivity index (χ1v) is 6.50. The zero-order valence-corrected chi connectivity index (χ0v) is 10.4. The summed E-state index contributed by atoms with van der Waals surface area (Å²) in [5, 5.41) is 9.36. The van der Waals surface area contributed by atoms with Crippen molar-refractivity contribution in [2.24, 2.45) is 11.1 Å². The number of hydrogen-bond acceptors (Lipinski definition) is 5. The Morgan fingerprint density at radius 1 is 1.35 bits per heavy atom. The van der Waals surface area contributed by atoms with Crippen molar-refractivity contribution in [1.29, 1.82) is 0 Å². The second-order valence-corrected chi connectivity index (χ2v) is 5.24. The van der Waals surface area contributed by atoms with Crippen molar-refractivity contribution in [2.45, 2.75) is 18.9 Å². The smallest absolute Gasteiger partial charge is 0.0644 e. The molecule has 2 fully saturated rings. The first kappa shape index (κ1) is 13.2. The van der Waals surface area contributed by atoms with E-state index in [2.05, 4.69) is 4.90 Å². The van der Waals surface area contributed by atoms with Crippen LogP contribution in [0.3, 0.4) is 0 Å². The summed E-state index contributed by atoms with van der Waals surface area (Å²) in [6.45, 7) is 5.58. The van der Waals surface area contributed by atoms with E-state index >= 15 is 0 Å². The van der Waals surface area contributed by atoms with Crippen LogP contribution in [0.15, 0.2) is 0 Å². The summed E-state index contributed by atoms with van der Waals surface area (Å²) in [4.78, 5) is 2.31. The molecule has 2 saturated heterocycles. The van der Waals surface area contributed by atoms with Crippen molar-refractivity contribution in [1.82, 2.24) is 4.90 Å². The third-order valence-electron chi connectivity index (χ3n) is 3.94. The van der Waals surface area contributed by atoms with E-state index in [0.717, 1.165) is 45.8 Å². The number of rotatable bonds is 4. The van der Waals surface area contributed by atoms with Gasteiger partial charge in [-0.15, -0.1) is 0 Å². The highest BCUT2D eigenvalue weighted by atomic mass is 16.5. The summed E-state index contributed by atoms with van der Waals surface area (Å²) < 4.78 is 11.0. The van der Waals surface area contributed by atoms with Crippen molar-refractivity contribution < 1.29 is 14.6 Å². The van der Waals surface area contributed by atoms with E-state index in [0.29, 0.717) is 13.2 Å². The Balaban J connectivity index is 1.96. The highest BCUT2D eigenvalue weighted by Crippen LogP contribution is 2.29. The number of aliphatic hydroxyl groups excluding tert-OH is 1. The lowest BCUT2D eigenvalue weighted by molar-refractivity contribution is -0.0728. The standard InChI is InChI=1S/C12H24N2O3/c13-8-12(2-1-4-17-10-12)9-14-3-5-16-7-11(14)6-15/h11,15H,1-10,13H2. The van der Waals surface area contributed by atoms with Gasteiger partial charge in [0, 0.05) is 31.7 Å². The Morgan fingerprint density at radius 2 is 2.24 bits per heavy atom. The number of nitrogens with zero attached hydrogens (tertiary/aromatic N) is 1. The summed E-state index contributed by atoms with van der Waals surface area (Å²) in [7, 11) is 0. The highest BCUT2D eigenvalue weighted by molar-refractivity contribution is 4.89. The number of morpholine rings is 1. The fraction of sp³-hybridized carbons (Fsp3) is 1.00. The van der Waals surface area contributed by atoms with Gasteiger partial charge >= 0.3 is 0 Å². The lowest BCUT2D eigenvalue weighted by atomic mass is 9.81. The lowest BCUT2D eigenvalue weighted by Crippen LogP contribution is -2.55. The largest absolute Gasteiger partial charge is 0.395 e. The molecule has 0 spiro atoms. The van der Waals surface area contributed by atoms with Crippen LogP contribution in [0.4, 0.5) is 0 Å². The van der Waals surface area contributed by atoms with Crippen LogP contribution in [0, 0.1) is 5.41 Å². The molecule has 2 aliphatic rings. The van der Waals surface area contributed by atoms with Gasteiger partial charge in [-0.1, -0.05) is 0 Å². The molecule has 100 valence electrons. The zero-order chi connectivity index (χ0) is 12.1. The van der Waals surface area contributed by atoms with Gasteiger partial charge in [-0.3, -0.25) is 4.90 Å². The van der Waals surface area contributed by atoms with Gasteiger partial charge in [0.1, 0.15) is 0 Å². The summed E-state index contributed by atoms with van der Waals surface area (Å²) in [5.41, 5.74) is 6.01. The molecule has 5 nitrogen and oxygen atoms in total. The second kappa shape index (κ2) is 6.11. The minimum absolute atomic E-state index is 0.0724. The summed E-state index contributed by atoms with van der Waals surface area (Å²) in [6.07, 6.45) is 2.21. The lowest BCUT2D eigenvalue weighted by Gasteiger charge is -2.43. The van der Waals surface area contributed by atoms with Crippen molar-refractivity contribution in [2.75, 3.05) is 52.7 Å². The monoisotopic (exact) mass is 244 g/mol. The van der Waals surface area contributed by atoms with E-state index in [1.165, 1.54) is 0 Å². The number of nitrogens with two attached hydrogens (primary N) is 1. The molecule has 3 N–H and O–H groups in total. The fourth-order valence-electron chi connectivity index (χ4n) is 2.76. The minimum atomic E-state index is 0.0724. The van der Waals surface area contributed by atoms with Gasteiger partial charge in [0.05, 0.1) is 32.5 Å². The molecule has 0 aromatic heterocycles. The van der Waals surface area contributed by atoms with Gasteiger partial charge in [0.2, 0.25) is 0 Å². The van der Waals surface area contributed by atoms with Crippen LogP contribution in [0.5, 0.6) is 0 Å². The first-order chi connectivity index (χ1) is 8.29. The van der Waals surface area contributed by atoms with Crippen LogP contribution in [0.1, 0.15) is 12.8 Å². The van der Waals surface area contributed by atoms with Gasteiger partial charge < -0.3 is 20.3 Å². The van der Waals surface area contributed by atoms with Crippen molar-refractivity contribution in [3.8, 4) is 0 Å². The van der Waals surface area contributed by atoms with E-state index in [1.807, 2.05) is 0 Å². The fourth-order valence-corrected chi connectivity index (χ4v) is 2.76. The Hall–Kier alpha value is -0.200. The van der Waals surface area contributed by atoms with E-state index in [1.54, 1.807) is 0 Å². The molecule has 0 saturated carbocycles. The molecule has 0 aromatic carbocycles. The average Bonchev–Trinajstić information content (AvgIpc) is 2.40. The summed E-state index contributed by atoms with van der Waals surface area (Å²) >= 11 is 0. The summed E-state index contributed by atoms with van der Waals surface area (Å²) in [5.74, 6) is 0. The topological polar surface area (TPSA) is 68.0 Å². The first-order valence-electron chi connectivity index (χ1n) is 6.50. The number of hydrogen-bond donors (Lipinski definition) is 2. The average molecular weight is 244 g/mol. The van der Waals surface area contributed by atoms with E-state index in [9.17, 15) is 5.11 Å². The number of aliphatic hydroxyl groups is 1. The SMILES string of the molecule is NCC1(CN2CCOCC2CO)CCCOC1. The van der Waals surface area contributed by atoms with Crippen molar-refractivity contribution >= 4 is 0 Å². The molecular formula is C12H24N2O3. The molecule has 0 bridgehead atoms. The normalized spacial score (nSPS) is 36.0. The summed E-state index contributed by atoms with van der Waals surface area (Å²) in [6, 6.07) is 0.120. The van der Waals surface area contributed by atoms with Gasteiger partial charge in [-0.25, -0.2) is 0 Å². The molecule has 5 heteroatoms. The van der Waals surface area contributed by atoms with Crippen LogP contribution in [0.2, 0.25) is 0 Å². The third-order valence-corrected chi connectivity index (χ3v) is 3.94. The van der Waals surface area contributed by atoms with E-state index < -0.39 is 0 Å². The third kappa shape index (κ3) is 3.17. The van der Waals surface area contributed by atoms with Crippen molar-refractivity contribution in [3.63, 3.8) is 0 Å². The van der Waals surface area contributed by atoms with Gasteiger partial charge in [0.25, 0.3) is 0 Å². The highest BCUT2D eigenvalue weighted by Gasteiger charge is 2.36. The Bertz CT molecular complexity index is 232. The zero-order valence-electron chi connectivity index (χ0n) is 10.4. The van der Waals surface area contributed by atoms with E-state index in [4.69, 9.17) is 15.2 Å². The predicted molar refractivity (Wildman–Crippen MR) is 64.8 cm³/mol. The Labute approximate surface area is 103 Å². The maximum absolute atomic E-state index is 9.36. The van der Waals surface area contributed by atoms with Crippen LogP contribution < -0.4 is 5.73 Å². The van der Waals surface area contributed by atoms with Crippen LogP contribution >= 0.6 is 0 Å². The van der Waals surface area contributed by atoms with Gasteiger partial charge in [-0.2, -0.15) is 0 Å².